The minimum Gasteiger partial charge on any atom is -0.352 e. The van der Waals surface area contributed by atoms with Crippen LogP contribution in [0.2, 0.25) is 0 Å². The van der Waals surface area contributed by atoms with Gasteiger partial charge in [0, 0.05) is 54.2 Å². The van der Waals surface area contributed by atoms with Crippen LogP contribution in [-0.4, -0.2) is 55.1 Å². The lowest BCUT2D eigenvalue weighted by atomic mass is 10.1. The van der Waals surface area contributed by atoms with Gasteiger partial charge in [0.05, 0.1) is 5.56 Å². The van der Waals surface area contributed by atoms with Gasteiger partial charge in [-0.3, -0.25) is 9.59 Å². The van der Waals surface area contributed by atoms with E-state index in [1.165, 1.54) is 6.07 Å². The van der Waals surface area contributed by atoms with Crippen molar-refractivity contribution in [3.63, 3.8) is 0 Å². The highest BCUT2D eigenvalue weighted by molar-refractivity contribution is 9.10. The summed E-state index contributed by atoms with van der Waals surface area (Å²) >= 11 is 3.41. The molecule has 0 saturated carbocycles. The molecule has 2 aromatic rings. The quantitative estimate of drug-likeness (QED) is 0.633. The molecule has 1 aliphatic heterocycles. The SMILES string of the molecule is Cl.O=C(NCCCN1CCNCC1)c1cc(=O)[nH]c2ccc(Br)cc12. The molecule has 1 saturated heterocycles. The summed E-state index contributed by atoms with van der Waals surface area (Å²) in [6, 6.07) is 6.84. The van der Waals surface area contributed by atoms with Gasteiger partial charge >= 0.3 is 0 Å². The van der Waals surface area contributed by atoms with E-state index in [4.69, 9.17) is 0 Å². The van der Waals surface area contributed by atoms with Crippen molar-refractivity contribution in [2.45, 2.75) is 6.42 Å². The average molecular weight is 430 g/mol. The summed E-state index contributed by atoms with van der Waals surface area (Å²) in [4.78, 5) is 29.4. The molecular weight excluding hydrogens is 408 g/mol. The lowest BCUT2D eigenvalue weighted by molar-refractivity contribution is 0.0952. The van der Waals surface area contributed by atoms with Crippen LogP contribution >= 0.6 is 28.3 Å². The Morgan fingerprint density at radius 2 is 2.00 bits per heavy atom. The number of pyridine rings is 1. The molecule has 1 amide bonds. The van der Waals surface area contributed by atoms with Crippen LogP contribution in [0, 0.1) is 0 Å². The Morgan fingerprint density at radius 3 is 2.76 bits per heavy atom. The van der Waals surface area contributed by atoms with E-state index in [1.807, 2.05) is 12.1 Å². The number of amides is 1. The molecule has 0 unspecified atom stereocenters. The monoisotopic (exact) mass is 428 g/mol. The normalized spacial score (nSPS) is 14.9. The molecule has 0 atom stereocenters. The second kappa shape index (κ2) is 9.33. The maximum Gasteiger partial charge on any atom is 0.252 e. The van der Waals surface area contributed by atoms with Gasteiger partial charge < -0.3 is 20.5 Å². The van der Waals surface area contributed by atoms with Crippen molar-refractivity contribution in [2.75, 3.05) is 39.3 Å². The number of nitrogens with one attached hydrogen (secondary N) is 3. The number of hydrogen-bond donors (Lipinski definition) is 3. The maximum atomic E-state index is 12.5. The first-order chi connectivity index (χ1) is 11.6. The van der Waals surface area contributed by atoms with Crippen LogP contribution in [0.4, 0.5) is 0 Å². The Kier molecular flexibility index (Phi) is 7.43. The molecule has 3 N–H and O–H groups in total. The molecule has 0 bridgehead atoms. The van der Waals surface area contributed by atoms with Crippen LogP contribution in [0.1, 0.15) is 16.8 Å². The van der Waals surface area contributed by atoms with Gasteiger partial charge in [-0.25, -0.2) is 0 Å². The fourth-order valence-electron chi connectivity index (χ4n) is 2.95. The van der Waals surface area contributed by atoms with Crippen molar-refractivity contribution in [3.8, 4) is 0 Å². The van der Waals surface area contributed by atoms with Gasteiger partial charge in [0.2, 0.25) is 5.56 Å². The van der Waals surface area contributed by atoms with Gasteiger partial charge in [0.15, 0.2) is 0 Å². The van der Waals surface area contributed by atoms with Gasteiger partial charge in [0.25, 0.3) is 5.91 Å². The Hall–Kier alpha value is -1.41. The largest absolute Gasteiger partial charge is 0.352 e. The third kappa shape index (κ3) is 5.28. The Labute approximate surface area is 160 Å². The van der Waals surface area contributed by atoms with Gasteiger partial charge in [0.1, 0.15) is 0 Å². The molecule has 136 valence electrons. The van der Waals surface area contributed by atoms with Crippen molar-refractivity contribution < 1.29 is 4.79 Å². The van der Waals surface area contributed by atoms with Crippen molar-refractivity contribution in [2.24, 2.45) is 0 Å². The number of H-pyrrole nitrogens is 1. The lowest BCUT2D eigenvalue weighted by Crippen LogP contribution is -2.44. The minimum absolute atomic E-state index is 0. The summed E-state index contributed by atoms with van der Waals surface area (Å²) in [5.74, 6) is -0.204. The van der Waals surface area contributed by atoms with E-state index < -0.39 is 0 Å². The molecule has 1 aromatic heterocycles. The number of hydrogen-bond acceptors (Lipinski definition) is 4. The summed E-state index contributed by atoms with van der Waals surface area (Å²) in [5.41, 5.74) is 0.810. The first kappa shape index (κ1) is 19.9. The van der Waals surface area contributed by atoms with E-state index in [9.17, 15) is 9.59 Å². The average Bonchev–Trinajstić information content (AvgIpc) is 2.59. The first-order valence-electron chi connectivity index (χ1n) is 8.17. The standard InChI is InChI=1S/C17H21BrN4O2.ClH/c18-12-2-3-15-13(10-12)14(11-16(23)21-15)17(24)20-4-1-7-22-8-5-19-6-9-22;/h2-3,10-11,19H,1,4-9H2,(H,20,24)(H,21,23);1H. The van der Waals surface area contributed by atoms with Crippen molar-refractivity contribution in [3.05, 3.63) is 44.7 Å². The summed E-state index contributed by atoms with van der Waals surface area (Å²) in [6.07, 6.45) is 0.899. The highest BCUT2D eigenvalue weighted by Crippen LogP contribution is 2.20. The van der Waals surface area contributed by atoms with Crippen LogP contribution in [0.5, 0.6) is 0 Å². The van der Waals surface area contributed by atoms with E-state index in [0.717, 1.165) is 49.0 Å². The number of carbonyl (C=O) groups excluding carboxylic acids is 1. The zero-order valence-corrected chi connectivity index (χ0v) is 16.2. The van der Waals surface area contributed by atoms with Gasteiger partial charge in [-0.2, -0.15) is 0 Å². The molecule has 3 rings (SSSR count). The van der Waals surface area contributed by atoms with Crippen molar-refractivity contribution in [1.29, 1.82) is 0 Å². The third-order valence-electron chi connectivity index (χ3n) is 4.20. The minimum atomic E-state index is -0.268. The molecule has 0 spiro atoms. The van der Waals surface area contributed by atoms with E-state index in [2.05, 4.69) is 36.4 Å². The molecule has 0 aliphatic carbocycles. The smallest absolute Gasteiger partial charge is 0.252 e. The number of halogens is 2. The second-order valence-corrected chi connectivity index (χ2v) is 6.85. The van der Waals surface area contributed by atoms with Crippen LogP contribution < -0.4 is 16.2 Å². The van der Waals surface area contributed by atoms with Crippen LogP contribution in [0.3, 0.4) is 0 Å². The van der Waals surface area contributed by atoms with E-state index in [0.29, 0.717) is 17.6 Å². The lowest BCUT2D eigenvalue weighted by Gasteiger charge is -2.27. The predicted molar refractivity (Wildman–Crippen MR) is 106 cm³/mol. The maximum absolute atomic E-state index is 12.5. The number of rotatable bonds is 5. The van der Waals surface area contributed by atoms with Gasteiger partial charge in [-0.1, -0.05) is 15.9 Å². The van der Waals surface area contributed by atoms with E-state index >= 15 is 0 Å². The second-order valence-electron chi connectivity index (χ2n) is 5.94. The van der Waals surface area contributed by atoms with Crippen LogP contribution in [0.15, 0.2) is 33.5 Å². The number of aromatic nitrogens is 1. The summed E-state index contributed by atoms with van der Waals surface area (Å²) < 4.78 is 0.870. The number of nitrogens with zero attached hydrogens (tertiary/aromatic N) is 1. The molecule has 8 heteroatoms. The highest BCUT2D eigenvalue weighted by atomic mass is 79.9. The van der Waals surface area contributed by atoms with Gasteiger partial charge in [-0.15, -0.1) is 12.4 Å². The fraction of sp³-hybridized carbons (Fsp3) is 0.412. The predicted octanol–water partition coefficient (Wildman–Crippen LogP) is 1.74. The molecule has 1 fully saturated rings. The molecular formula is C17H22BrClN4O2. The molecule has 25 heavy (non-hydrogen) atoms. The molecule has 0 radical (unpaired) electrons. The fourth-order valence-corrected chi connectivity index (χ4v) is 3.31. The Morgan fingerprint density at radius 1 is 1.24 bits per heavy atom. The molecule has 1 aliphatic rings. The van der Waals surface area contributed by atoms with E-state index in [1.54, 1.807) is 6.07 Å². The summed E-state index contributed by atoms with van der Waals surface area (Å²) in [5, 5.41) is 6.99. The number of aromatic amines is 1. The van der Waals surface area contributed by atoms with E-state index in [-0.39, 0.29) is 23.9 Å². The molecule has 6 nitrogen and oxygen atoms in total. The van der Waals surface area contributed by atoms with Gasteiger partial charge in [-0.05, 0) is 31.2 Å². The Bertz CT molecular complexity index is 790. The zero-order valence-electron chi connectivity index (χ0n) is 13.8. The number of benzene rings is 1. The van der Waals surface area contributed by atoms with Crippen molar-refractivity contribution in [1.82, 2.24) is 20.5 Å². The van der Waals surface area contributed by atoms with Crippen molar-refractivity contribution >= 4 is 45.1 Å². The molecule has 2 heterocycles. The highest BCUT2D eigenvalue weighted by Gasteiger charge is 2.13. The summed E-state index contributed by atoms with van der Waals surface area (Å²) in [7, 11) is 0. The zero-order chi connectivity index (χ0) is 16.9. The topological polar surface area (TPSA) is 77.2 Å². The third-order valence-corrected chi connectivity index (χ3v) is 4.69. The Balaban J connectivity index is 0.00000225. The first-order valence-corrected chi connectivity index (χ1v) is 8.96. The summed E-state index contributed by atoms with van der Waals surface area (Å²) in [6.45, 7) is 5.75. The number of carbonyl (C=O) groups is 1. The van der Waals surface area contributed by atoms with Crippen LogP contribution in [-0.2, 0) is 0 Å². The van der Waals surface area contributed by atoms with Crippen LogP contribution in [0.25, 0.3) is 10.9 Å². The number of fused-ring (bicyclic) bond motifs is 1. The number of piperazine rings is 1. The molecule has 1 aromatic carbocycles.